The minimum absolute atomic E-state index is 0.649. The Bertz CT molecular complexity index is 690. The zero-order valence-electron chi connectivity index (χ0n) is 12.1. The van der Waals surface area contributed by atoms with Crippen LogP contribution in [-0.4, -0.2) is 25.3 Å². The highest BCUT2D eigenvalue weighted by molar-refractivity contribution is 7.14. The quantitative estimate of drug-likeness (QED) is 0.627. The average Bonchev–Trinajstić information content (AvgIpc) is 2.82. The van der Waals surface area contributed by atoms with Gasteiger partial charge < -0.3 is 4.90 Å². The molecule has 0 spiro atoms. The Labute approximate surface area is 123 Å². The fraction of sp³-hybridized carbons (Fsp3) is 0.250. The van der Waals surface area contributed by atoms with Gasteiger partial charge in [-0.25, -0.2) is 4.99 Å². The molecule has 3 nitrogen and oxygen atoms in total. The van der Waals surface area contributed by atoms with E-state index in [9.17, 15) is 5.26 Å². The second-order valence-corrected chi connectivity index (χ2v) is 5.81. The third-order valence-electron chi connectivity index (χ3n) is 3.11. The number of aryl methyl sites for hydroxylation is 2. The van der Waals surface area contributed by atoms with E-state index in [4.69, 9.17) is 0 Å². The largest absolute Gasteiger partial charge is 0.369 e. The molecular weight excluding hydrogens is 266 g/mol. The summed E-state index contributed by atoms with van der Waals surface area (Å²) < 4.78 is 0. The number of hydrogen-bond donors (Lipinski definition) is 0. The molecule has 0 aliphatic rings. The lowest BCUT2D eigenvalue weighted by molar-refractivity contribution is 0.643. The van der Waals surface area contributed by atoms with Crippen LogP contribution in [0.3, 0.4) is 0 Å². The van der Waals surface area contributed by atoms with Crippen LogP contribution in [0.1, 0.15) is 16.7 Å². The van der Waals surface area contributed by atoms with Crippen molar-refractivity contribution in [2.45, 2.75) is 13.8 Å². The predicted molar refractivity (Wildman–Crippen MR) is 85.8 cm³/mol. The molecule has 0 unspecified atom stereocenters. The van der Waals surface area contributed by atoms with Gasteiger partial charge in [0.25, 0.3) is 0 Å². The van der Waals surface area contributed by atoms with Gasteiger partial charge in [-0.1, -0.05) is 18.2 Å². The molecular formula is C16H17N3S. The highest BCUT2D eigenvalue weighted by atomic mass is 32.1. The Hall–Kier alpha value is -2.12. The smallest absolute Gasteiger partial charge is 0.136 e. The monoisotopic (exact) mass is 283 g/mol. The van der Waals surface area contributed by atoms with Crippen molar-refractivity contribution in [2.24, 2.45) is 4.99 Å². The second-order valence-electron chi connectivity index (χ2n) is 4.95. The van der Waals surface area contributed by atoms with E-state index < -0.39 is 0 Å². The molecule has 2 aromatic rings. The minimum Gasteiger partial charge on any atom is -0.369 e. The fourth-order valence-electron chi connectivity index (χ4n) is 1.84. The normalized spacial score (nSPS) is 10.8. The van der Waals surface area contributed by atoms with Crippen molar-refractivity contribution < 1.29 is 0 Å². The standard InChI is InChI=1S/C16H17N3S/c1-11-5-6-13(7-12(11)2)15-9-20-16(14(15)8-17)18-10-19(3)4/h5-7,9-10H,1-4H3. The van der Waals surface area contributed by atoms with E-state index in [2.05, 4.69) is 43.1 Å². The zero-order chi connectivity index (χ0) is 14.7. The van der Waals surface area contributed by atoms with Gasteiger partial charge in [0.1, 0.15) is 11.1 Å². The first-order valence-corrected chi connectivity index (χ1v) is 7.20. The molecule has 0 aliphatic heterocycles. The Kier molecular flexibility index (Phi) is 4.21. The van der Waals surface area contributed by atoms with Crippen molar-refractivity contribution in [2.75, 3.05) is 14.1 Å². The van der Waals surface area contributed by atoms with Gasteiger partial charge in [-0.05, 0) is 30.5 Å². The van der Waals surface area contributed by atoms with Crippen LogP contribution in [0, 0.1) is 25.2 Å². The summed E-state index contributed by atoms with van der Waals surface area (Å²) in [5.74, 6) is 0. The summed E-state index contributed by atoms with van der Waals surface area (Å²) in [6.45, 7) is 4.17. The number of aliphatic imine (C=N–C) groups is 1. The van der Waals surface area contributed by atoms with Gasteiger partial charge in [-0.15, -0.1) is 11.3 Å². The van der Waals surface area contributed by atoms with E-state index in [-0.39, 0.29) is 0 Å². The van der Waals surface area contributed by atoms with Crippen molar-refractivity contribution in [3.05, 3.63) is 40.3 Å². The lowest BCUT2D eigenvalue weighted by atomic mass is 10.00. The topological polar surface area (TPSA) is 39.4 Å². The van der Waals surface area contributed by atoms with Crippen LogP contribution in [0.5, 0.6) is 0 Å². The maximum atomic E-state index is 9.41. The van der Waals surface area contributed by atoms with Gasteiger partial charge >= 0.3 is 0 Å². The van der Waals surface area contributed by atoms with E-state index in [0.717, 1.165) is 16.1 Å². The van der Waals surface area contributed by atoms with Crippen LogP contribution in [0.2, 0.25) is 0 Å². The van der Waals surface area contributed by atoms with Gasteiger partial charge in [0.05, 0.1) is 11.9 Å². The first-order valence-electron chi connectivity index (χ1n) is 6.32. The number of rotatable bonds is 3. The maximum absolute atomic E-state index is 9.41. The molecule has 0 N–H and O–H groups in total. The lowest BCUT2D eigenvalue weighted by Crippen LogP contribution is -2.06. The summed E-state index contributed by atoms with van der Waals surface area (Å²) in [6.07, 6.45) is 1.72. The van der Waals surface area contributed by atoms with Crippen LogP contribution >= 0.6 is 11.3 Å². The van der Waals surface area contributed by atoms with Crippen molar-refractivity contribution in [3.8, 4) is 17.2 Å². The Morgan fingerprint density at radius 3 is 2.60 bits per heavy atom. The van der Waals surface area contributed by atoms with Gasteiger partial charge in [0, 0.05) is 25.0 Å². The van der Waals surface area contributed by atoms with Crippen molar-refractivity contribution in [1.82, 2.24) is 4.90 Å². The molecule has 1 aromatic carbocycles. The molecule has 102 valence electrons. The molecule has 2 rings (SSSR count). The molecule has 0 atom stereocenters. The van der Waals surface area contributed by atoms with Gasteiger partial charge in [-0.3, -0.25) is 0 Å². The Morgan fingerprint density at radius 1 is 1.25 bits per heavy atom. The molecule has 0 saturated heterocycles. The van der Waals surface area contributed by atoms with Gasteiger partial charge in [0.15, 0.2) is 0 Å². The lowest BCUT2D eigenvalue weighted by Gasteiger charge is -2.04. The van der Waals surface area contributed by atoms with E-state index in [0.29, 0.717) is 5.56 Å². The van der Waals surface area contributed by atoms with Gasteiger partial charge in [0.2, 0.25) is 0 Å². The Morgan fingerprint density at radius 2 is 2.00 bits per heavy atom. The summed E-state index contributed by atoms with van der Waals surface area (Å²) in [6, 6.07) is 8.55. The molecule has 4 heteroatoms. The molecule has 0 radical (unpaired) electrons. The zero-order valence-corrected chi connectivity index (χ0v) is 13.0. The summed E-state index contributed by atoms with van der Waals surface area (Å²) in [7, 11) is 3.82. The van der Waals surface area contributed by atoms with Crippen LogP contribution in [0.15, 0.2) is 28.6 Å². The van der Waals surface area contributed by atoms with Crippen LogP contribution in [-0.2, 0) is 0 Å². The first kappa shape index (κ1) is 14.3. The third-order valence-corrected chi connectivity index (χ3v) is 3.99. The molecule has 20 heavy (non-hydrogen) atoms. The maximum Gasteiger partial charge on any atom is 0.136 e. The summed E-state index contributed by atoms with van der Waals surface area (Å²) >= 11 is 1.50. The average molecular weight is 283 g/mol. The highest BCUT2D eigenvalue weighted by Gasteiger charge is 2.12. The van der Waals surface area contributed by atoms with E-state index in [1.165, 1.54) is 22.5 Å². The van der Waals surface area contributed by atoms with Crippen molar-refractivity contribution >= 4 is 22.7 Å². The van der Waals surface area contributed by atoms with E-state index >= 15 is 0 Å². The van der Waals surface area contributed by atoms with Crippen LogP contribution in [0.25, 0.3) is 11.1 Å². The number of benzene rings is 1. The molecule has 0 aliphatic carbocycles. The number of hydrogen-bond acceptors (Lipinski definition) is 3. The molecule has 0 bridgehead atoms. The van der Waals surface area contributed by atoms with E-state index in [1.807, 2.05) is 24.4 Å². The number of nitrogens with zero attached hydrogens (tertiary/aromatic N) is 3. The molecule has 1 heterocycles. The van der Waals surface area contributed by atoms with Crippen LogP contribution in [0.4, 0.5) is 5.00 Å². The summed E-state index contributed by atoms with van der Waals surface area (Å²) in [5.41, 5.74) is 5.18. The minimum atomic E-state index is 0.649. The highest BCUT2D eigenvalue weighted by Crippen LogP contribution is 2.37. The Balaban J connectivity index is 2.48. The summed E-state index contributed by atoms with van der Waals surface area (Å²) in [5, 5.41) is 12.2. The fourth-order valence-corrected chi connectivity index (χ4v) is 2.70. The molecule has 0 saturated carbocycles. The third kappa shape index (κ3) is 2.89. The van der Waals surface area contributed by atoms with Crippen LogP contribution < -0.4 is 0 Å². The SMILES string of the molecule is Cc1ccc(-c2csc(N=CN(C)C)c2C#N)cc1C. The second kappa shape index (κ2) is 5.89. The van der Waals surface area contributed by atoms with Gasteiger partial charge in [-0.2, -0.15) is 5.26 Å². The molecule has 0 amide bonds. The molecule has 1 aromatic heterocycles. The first-order chi connectivity index (χ1) is 9.52. The number of nitriles is 1. The van der Waals surface area contributed by atoms with Crippen molar-refractivity contribution in [3.63, 3.8) is 0 Å². The summed E-state index contributed by atoms with van der Waals surface area (Å²) in [4.78, 5) is 6.22. The number of thiophene rings is 1. The van der Waals surface area contributed by atoms with E-state index in [1.54, 1.807) is 6.34 Å². The van der Waals surface area contributed by atoms with Crippen molar-refractivity contribution in [1.29, 1.82) is 5.26 Å². The predicted octanol–water partition coefficient (Wildman–Crippen LogP) is 4.13. The molecule has 0 fully saturated rings.